The summed E-state index contributed by atoms with van der Waals surface area (Å²) in [6.07, 6.45) is 7.77. The van der Waals surface area contributed by atoms with Gasteiger partial charge in [-0.1, -0.05) is 42.7 Å². The summed E-state index contributed by atoms with van der Waals surface area (Å²) in [5.74, 6) is 2.17. The number of phenols is 2. The highest BCUT2D eigenvalue weighted by Crippen LogP contribution is 2.47. The van der Waals surface area contributed by atoms with E-state index in [-0.39, 0.29) is 0 Å². The standard InChI is InChI=1S/C22H24O2/c23-19-10-8-16(9-11-19)22(18-5-2-6-20(24)14-18)21-12-7-15-3-1-4-17(21)13-15/h2,5-6,8-11,14-15,17,23-24H,1,3-4,7,12-13H2/b22-21-/t15-,17-/m1/s1. The first-order valence-electron chi connectivity index (χ1n) is 9.02. The Morgan fingerprint density at radius 3 is 2.46 bits per heavy atom. The molecule has 124 valence electrons. The Bertz CT molecular complexity index is 758. The summed E-state index contributed by atoms with van der Waals surface area (Å²) in [6.45, 7) is 0. The first kappa shape index (κ1) is 15.3. The van der Waals surface area contributed by atoms with Crippen molar-refractivity contribution in [1.82, 2.24) is 0 Å². The summed E-state index contributed by atoms with van der Waals surface area (Å²) in [5, 5.41) is 19.6. The van der Waals surface area contributed by atoms with Gasteiger partial charge in [-0.15, -0.1) is 0 Å². The van der Waals surface area contributed by atoms with Crippen molar-refractivity contribution in [3.8, 4) is 11.5 Å². The quantitative estimate of drug-likeness (QED) is 0.767. The van der Waals surface area contributed by atoms with E-state index >= 15 is 0 Å². The summed E-state index contributed by atoms with van der Waals surface area (Å²) in [7, 11) is 0. The maximum atomic E-state index is 9.97. The number of benzene rings is 2. The Morgan fingerprint density at radius 1 is 0.833 bits per heavy atom. The lowest BCUT2D eigenvalue weighted by molar-refractivity contribution is 0.243. The zero-order valence-electron chi connectivity index (χ0n) is 13.9. The SMILES string of the molecule is Oc1ccc(/C(=C2\CC[C@H]3CCC[C@@H]2C3)c2cccc(O)c2)cc1. The van der Waals surface area contributed by atoms with E-state index in [9.17, 15) is 10.2 Å². The molecule has 0 aromatic heterocycles. The van der Waals surface area contributed by atoms with E-state index in [1.807, 2.05) is 24.3 Å². The fourth-order valence-corrected chi connectivity index (χ4v) is 4.59. The summed E-state index contributed by atoms with van der Waals surface area (Å²) >= 11 is 0. The number of phenolic OH excluding ortho intramolecular Hbond substituents is 2. The smallest absolute Gasteiger partial charge is 0.116 e. The first-order valence-corrected chi connectivity index (χ1v) is 9.02. The molecule has 2 N–H and O–H groups in total. The summed E-state index contributed by atoms with van der Waals surface area (Å²) in [5.41, 5.74) is 5.02. The van der Waals surface area contributed by atoms with Crippen molar-refractivity contribution in [3.63, 3.8) is 0 Å². The third-order valence-corrected chi connectivity index (χ3v) is 5.71. The van der Waals surface area contributed by atoms with Crippen LogP contribution >= 0.6 is 0 Å². The topological polar surface area (TPSA) is 40.5 Å². The first-order chi connectivity index (χ1) is 11.7. The van der Waals surface area contributed by atoms with Crippen LogP contribution in [0, 0.1) is 11.8 Å². The maximum Gasteiger partial charge on any atom is 0.116 e. The van der Waals surface area contributed by atoms with E-state index in [4.69, 9.17) is 0 Å². The summed E-state index contributed by atoms with van der Waals surface area (Å²) in [6, 6.07) is 15.1. The molecule has 2 aromatic carbocycles. The second kappa shape index (κ2) is 6.35. The molecule has 0 aliphatic heterocycles. The highest BCUT2D eigenvalue weighted by Gasteiger charge is 2.31. The lowest BCUT2D eigenvalue weighted by Gasteiger charge is -2.38. The van der Waals surface area contributed by atoms with Gasteiger partial charge in [-0.3, -0.25) is 0 Å². The van der Waals surface area contributed by atoms with Crippen molar-refractivity contribution in [2.24, 2.45) is 11.8 Å². The Labute approximate surface area is 143 Å². The molecule has 2 bridgehead atoms. The van der Waals surface area contributed by atoms with Crippen molar-refractivity contribution in [2.45, 2.75) is 38.5 Å². The molecule has 2 atom stereocenters. The molecule has 0 unspecified atom stereocenters. The molecule has 0 heterocycles. The third-order valence-electron chi connectivity index (χ3n) is 5.71. The van der Waals surface area contributed by atoms with E-state index in [0.717, 1.165) is 23.5 Å². The molecule has 0 saturated heterocycles. The molecule has 0 radical (unpaired) electrons. The van der Waals surface area contributed by atoms with Gasteiger partial charge in [0.15, 0.2) is 0 Å². The molecule has 0 amide bonds. The molecule has 2 aromatic rings. The van der Waals surface area contributed by atoms with Crippen LogP contribution in [0.3, 0.4) is 0 Å². The lowest BCUT2D eigenvalue weighted by Crippen LogP contribution is -2.24. The molecule has 2 saturated carbocycles. The van der Waals surface area contributed by atoms with Crippen LogP contribution < -0.4 is 0 Å². The molecule has 2 aliphatic rings. The number of rotatable bonds is 2. The number of aromatic hydroxyl groups is 2. The van der Waals surface area contributed by atoms with Crippen LogP contribution in [-0.2, 0) is 0 Å². The fraction of sp³-hybridized carbons (Fsp3) is 0.364. The van der Waals surface area contributed by atoms with Crippen LogP contribution in [0.25, 0.3) is 5.57 Å². The molecule has 2 nitrogen and oxygen atoms in total. The monoisotopic (exact) mass is 320 g/mol. The largest absolute Gasteiger partial charge is 0.508 e. The molecule has 4 rings (SSSR count). The molecule has 2 fully saturated rings. The summed E-state index contributed by atoms with van der Waals surface area (Å²) in [4.78, 5) is 0. The molecule has 2 aliphatic carbocycles. The van der Waals surface area contributed by atoms with Gasteiger partial charge in [0.05, 0.1) is 0 Å². The number of allylic oxidation sites excluding steroid dienone is 1. The van der Waals surface area contributed by atoms with E-state index < -0.39 is 0 Å². The van der Waals surface area contributed by atoms with E-state index in [2.05, 4.69) is 6.07 Å². The maximum absolute atomic E-state index is 9.97. The fourth-order valence-electron chi connectivity index (χ4n) is 4.59. The van der Waals surface area contributed by atoms with Gasteiger partial charge in [-0.2, -0.15) is 0 Å². The summed E-state index contributed by atoms with van der Waals surface area (Å²) < 4.78 is 0. The van der Waals surface area contributed by atoms with Crippen molar-refractivity contribution >= 4 is 5.57 Å². The predicted octanol–water partition coefficient (Wildman–Crippen LogP) is 5.50. The Balaban J connectivity index is 1.86. The van der Waals surface area contributed by atoms with E-state index in [1.54, 1.807) is 23.8 Å². The van der Waals surface area contributed by atoms with Crippen LogP contribution in [0.1, 0.15) is 49.7 Å². The van der Waals surface area contributed by atoms with E-state index in [0.29, 0.717) is 17.4 Å². The minimum atomic E-state index is 0.292. The van der Waals surface area contributed by atoms with Crippen LogP contribution in [0.15, 0.2) is 54.1 Å². The van der Waals surface area contributed by atoms with Crippen molar-refractivity contribution < 1.29 is 10.2 Å². The van der Waals surface area contributed by atoms with Crippen LogP contribution in [-0.4, -0.2) is 10.2 Å². The van der Waals surface area contributed by atoms with Crippen LogP contribution in [0.4, 0.5) is 0 Å². The van der Waals surface area contributed by atoms with Crippen molar-refractivity contribution in [2.75, 3.05) is 0 Å². The molecular formula is C22H24O2. The van der Waals surface area contributed by atoms with Gasteiger partial charge in [-0.25, -0.2) is 0 Å². The van der Waals surface area contributed by atoms with Gasteiger partial charge in [0.1, 0.15) is 11.5 Å². The lowest BCUT2D eigenvalue weighted by atomic mass is 9.67. The highest BCUT2D eigenvalue weighted by atomic mass is 16.3. The van der Waals surface area contributed by atoms with Crippen LogP contribution in [0.5, 0.6) is 11.5 Å². The second-order valence-corrected chi connectivity index (χ2v) is 7.27. The average molecular weight is 320 g/mol. The van der Waals surface area contributed by atoms with Crippen molar-refractivity contribution in [3.05, 3.63) is 65.2 Å². The molecule has 0 spiro atoms. The number of hydrogen-bond donors (Lipinski definition) is 2. The van der Waals surface area contributed by atoms with Gasteiger partial charge >= 0.3 is 0 Å². The molecule has 2 heteroatoms. The predicted molar refractivity (Wildman–Crippen MR) is 96.9 cm³/mol. The zero-order chi connectivity index (χ0) is 16.5. The van der Waals surface area contributed by atoms with Gasteiger partial charge in [0, 0.05) is 0 Å². The van der Waals surface area contributed by atoms with Gasteiger partial charge < -0.3 is 10.2 Å². The normalized spacial score (nSPS) is 25.3. The Hall–Kier alpha value is -2.22. The van der Waals surface area contributed by atoms with Crippen molar-refractivity contribution in [1.29, 1.82) is 0 Å². The number of fused-ring (bicyclic) bond motifs is 2. The molecule has 24 heavy (non-hydrogen) atoms. The highest BCUT2D eigenvalue weighted by molar-refractivity contribution is 5.83. The van der Waals surface area contributed by atoms with Gasteiger partial charge in [-0.05, 0) is 78.5 Å². The van der Waals surface area contributed by atoms with E-state index in [1.165, 1.54) is 37.7 Å². The Morgan fingerprint density at radius 2 is 1.67 bits per heavy atom. The van der Waals surface area contributed by atoms with Gasteiger partial charge in [0.2, 0.25) is 0 Å². The minimum absolute atomic E-state index is 0.292. The second-order valence-electron chi connectivity index (χ2n) is 7.27. The average Bonchev–Trinajstić information content (AvgIpc) is 2.59. The van der Waals surface area contributed by atoms with Crippen LogP contribution in [0.2, 0.25) is 0 Å². The minimum Gasteiger partial charge on any atom is -0.508 e. The Kier molecular flexibility index (Phi) is 4.05. The van der Waals surface area contributed by atoms with Gasteiger partial charge in [0.25, 0.3) is 0 Å². The molecular weight excluding hydrogens is 296 g/mol. The number of hydrogen-bond acceptors (Lipinski definition) is 2. The zero-order valence-corrected chi connectivity index (χ0v) is 13.9. The third kappa shape index (κ3) is 2.93.